The highest BCUT2D eigenvalue weighted by Gasteiger charge is 2.28. The Bertz CT molecular complexity index is 305. The van der Waals surface area contributed by atoms with Crippen molar-refractivity contribution in [2.75, 3.05) is 26.8 Å². The highest BCUT2D eigenvalue weighted by Crippen LogP contribution is 2.13. The third-order valence-electron chi connectivity index (χ3n) is 3.07. The molecule has 0 aromatic heterocycles. The fourth-order valence-corrected chi connectivity index (χ4v) is 3.08. The van der Waals surface area contributed by atoms with Crippen LogP contribution < -0.4 is 10.0 Å². The van der Waals surface area contributed by atoms with Crippen molar-refractivity contribution in [2.24, 2.45) is 5.92 Å². The van der Waals surface area contributed by atoms with Crippen molar-refractivity contribution in [2.45, 2.75) is 31.6 Å². The zero-order valence-corrected chi connectivity index (χ0v) is 11.0. The van der Waals surface area contributed by atoms with E-state index < -0.39 is 15.3 Å². The normalized spacial score (nSPS) is 28.9. The van der Waals surface area contributed by atoms with Crippen LogP contribution in [0.1, 0.15) is 20.3 Å². The third kappa shape index (κ3) is 3.69. The Balaban J connectivity index is 2.57. The van der Waals surface area contributed by atoms with Crippen LogP contribution in [0.25, 0.3) is 0 Å². The molecule has 1 saturated heterocycles. The number of sulfonamides is 1. The van der Waals surface area contributed by atoms with Crippen molar-refractivity contribution in [1.29, 1.82) is 0 Å². The van der Waals surface area contributed by atoms with Crippen molar-refractivity contribution in [3.05, 3.63) is 0 Å². The lowest BCUT2D eigenvalue weighted by Crippen LogP contribution is -2.52. The first kappa shape index (κ1) is 13.9. The van der Waals surface area contributed by atoms with E-state index in [1.54, 1.807) is 6.92 Å². The molecule has 0 bridgehead atoms. The van der Waals surface area contributed by atoms with Gasteiger partial charge in [0, 0.05) is 19.7 Å². The zero-order valence-electron chi connectivity index (χ0n) is 10.2. The standard InChI is InChI=1S/C10H22N2O3S/c1-8-4-5-11-6-10(8)12-16(13,14)9(2)7-15-3/h8-12H,4-7H2,1-3H3. The summed E-state index contributed by atoms with van der Waals surface area (Å²) in [7, 11) is -1.76. The lowest BCUT2D eigenvalue weighted by atomic mass is 9.96. The second-order valence-corrected chi connectivity index (χ2v) is 6.64. The first-order chi connectivity index (χ1) is 7.47. The van der Waals surface area contributed by atoms with E-state index in [0.29, 0.717) is 12.5 Å². The van der Waals surface area contributed by atoms with Crippen molar-refractivity contribution < 1.29 is 13.2 Å². The van der Waals surface area contributed by atoms with Gasteiger partial charge in [0.2, 0.25) is 10.0 Å². The number of hydrogen-bond donors (Lipinski definition) is 2. The molecule has 6 heteroatoms. The molecule has 0 aliphatic carbocycles. The number of hydrogen-bond acceptors (Lipinski definition) is 4. The van der Waals surface area contributed by atoms with E-state index in [9.17, 15) is 8.42 Å². The van der Waals surface area contributed by atoms with Crippen LogP contribution in [0.2, 0.25) is 0 Å². The quantitative estimate of drug-likeness (QED) is 0.717. The van der Waals surface area contributed by atoms with Crippen molar-refractivity contribution in [1.82, 2.24) is 10.0 Å². The first-order valence-electron chi connectivity index (χ1n) is 5.68. The minimum Gasteiger partial charge on any atom is -0.383 e. The maximum Gasteiger partial charge on any atom is 0.216 e. The van der Waals surface area contributed by atoms with Gasteiger partial charge in [-0.25, -0.2) is 13.1 Å². The summed E-state index contributed by atoms with van der Waals surface area (Å²) in [4.78, 5) is 0. The van der Waals surface area contributed by atoms with Gasteiger partial charge < -0.3 is 10.1 Å². The summed E-state index contributed by atoms with van der Waals surface area (Å²) in [5.74, 6) is 0.380. The molecule has 0 saturated carbocycles. The minimum atomic E-state index is -3.27. The smallest absolute Gasteiger partial charge is 0.216 e. The van der Waals surface area contributed by atoms with E-state index in [1.807, 2.05) is 0 Å². The van der Waals surface area contributed by atoms with Gasteiger partial charge in [-0.15, -0.1) is 0 Å². The number of rotatable bonds is 5. The van der Waals surface area contributed by atoms with Crippen LogP contribution in [0, 0.1) is 5.92 Å². The Morgan fingerprint density at radius 3 is 2.81 bits per heavy atom. The van der Waals surface area contributed by atoms with Crippen LogP contribution in [0.3, 0.4) is 0 Å². The Hall–Kier alpha value is -0.170. The van der Waals surface area contributed by atoms with E-state index in [1.165, 1.54) is 7.11 Å². The van der Waals surface area contributed by atoms with E-state index >= 15 is 0 Å². The Labute approximate surface area is 98.0 Å². The highest BCUT2D eigenvalue weighted by atomic mass is 32.2. The first-order valence-corrected chi connectivity index (χ1v) is 7.22. The summed E-state index contributed by atoms with van der Waals surface area (Å²) in [5, 5.41) is 2.69. The van der Waals surface area contributed by atoms with Gasteiger partial charge in [-0.2, -0.15) is 0 Å². The zero-order chi connectivity index (χ0) is 12.2. The summed E-state index contributed by atoms with van der Waals surface area (Å²) >= 11 is 0. The average molecular weight is 250 g/mol. The summed E-state index contributed by atoms with van der Waals surface area (Å²) in [6.45, 7) is 5.64. The predicted molar refractivity (Wildman–Crippen MR) is 63.8 cm³/mol. The van der Waals surface area contributed by atoms with Crippen LogP contribution in [0.5, 0.6) is 0 Å². The molecule has 1 aliphatic rings. The Morgan fingerprint density at radius 2 is 2.25 bits per heavy atom. The Morgan fingerprint density at radius 1 is 1.56 bits per heavy atom. The maximum atomic E-state index is 11.9. The van der Waals surface area contributed by atoms with E-state index in [0.717, 1.165) is 13.0 Å². The molecule has 1 fully saturated rings. The number of methoxy groups -OCH3 is 1. The van der Waals surface area contributed by atoms with Crippen LogP contribution in [0.4, 0.5) is 0 Å². The molecule has 0 spiro atoms. The van der Waals surface area contributed by atoms with Crippen LogP contribution in [-0.4, -0.2) is 46.5 Å². The molecule has 5 nitrogen and oxygen atoms in total. The summed E-state index contributed by atoms with van der Waals surface area (Å²) in [6, 6.07) is -0.00180. The van der Waals surface area contributed by atoms with Gasteiger partial charge in [0.05, 0.1) is 11.9 Å². The lowest BCUT2D eigenvalue weighted by molar-refractivity contribution is 0.199. The van der Waals surface area contributed by atoms with Crippen LogP contribution in [0.15, 0.2) is 0 Å². The largest absolute Gasteiger partial charge is 0.383 e. The fourth-order valence-electron chi connectivity index (χ4n) is 1.80. The molecule has 1 rings (SSSR count). The molecule has 0 aromatic carbocycles. The number of ether oxygens (including phenoxy) is 1. The lowest BCUT2D eigenvalue weighted by Gasteiger charge is -2.30. The van der Waals surface area contributed by atoms with Gasteiger partial charge in [0.25, 0.3) is 0 Å². The SMILES string of the molecule is COCC(C)S(=O)(=O)NC1CNCCC1C. The van der Waals surface area contributed by atoms with Crippen molar-refractivity contribution in [3.63, 3.8) is 0 Å². The molecule has 0 amide bonds. The van der Waals surface area contributed by atoms with Gasteiger partial charge in [-0.1, -0.05) is 6.92 Å². The Kier molecular flexibility index (Phi) is 5.17. The topological polar surface area (TPSA) is 67.4 Å². The second-order valence-electron chi connectivity index (χ2n) is 4.51. The molecule has 3 unspecified atom stereocenters. The average Bonchev–Trinajstić information content (AvgIpc) is 2.21. The van der Waals surface area contributed by atoms with E-state index in [-0.39, 0.29) is 12.6 Å². The molecule has 1 aliphatic heterocycles. The number of piperidine rings is 1. The molecular weight excluding hydrogens is 228 g/mol. The highest BCUT2D eigenvalue weighted by molar-refractivity contribution is 7.90. The van der Waals surface area contributed by atoms with Gasteiger partial charge in [-0.3, -0.25) is 0 Å². The molecule has 96 valence electrons. The summed E-state index contributed by atoms with van der Waals surface area (Å²) < 4.78 is 31.5. The fraction of sp³-hybridized carbons (Fsp3) is 1.00. The van der Waals surface area contributed by atoms with E-state index in [2.05, 4.69) is 17.0 Å². The molecule has 2 N–H and O–H groups in total. The van der Waals surface area contributed by atoms with Gasteiger partial charge in [-0.05, 0) is 25.8 Å². The second kappa shape index (κ2) is 5.95. The van der Waals surface area contributed by atoms with Crippen molar-refractivity contribution in [3.8, 4) is 0 Å². The van der Waals surface area contributed by atoms with Gasteiger partial charge >= 0.3 is 0 Å². The van der Waals surface area contributed by atoms with Crippen LogP contribution >= 0.6 is 0 Å². The molecular formula is C10H22N2O3S. The molecule has 3 atom stereocenters. The minimum absolute atomic E-state index is 0.00180. The van der Waals surface area contributed by atoms with Crippen molar-refractivity contribution >= 4 is 10.0 Å². The third-order valence-corrected chi connectivity index (χ3v) is 4.90. The monoisotopic (exact) mass is 250 g/mol. The molecule has 0 radical (unpaired) electrons. The summed E-state index contributed by atoms with van der Waals surface area (Å²) in [5.41, 5.74) is 0. The van der Waals surface area contributed by atoms with Crippen LogP contribution in [-0.2, 0) is 14.8 Å². The molecule has 16 heavy (non-hydrogen) atoms. The molecule has 0 aromatic rings. The van der Waals surface area contributed by atoms with Gasteiger partial charge in [0.15, 0.2) is 0 Å². The number of nitrogens with one attached hydrogen (secondary N) is 2. The molecule has 1 heterocycles. The van der Waals surface area contributed by atoms with E-state index in [4.69, 9.17) is 4.74 Å². The van der Waals surface area contributed by atoms with Gasteiger partial charge in [0.1, 0.15) is 0 Å². The summed E-state index contributed by atoms with van der Waals surface area (Å²) in [6.07, 6.45) is 1.01. The predicted octanol–water partition coefficient (Wildman–Crippen LogP) is -0.0613. The maximum absolute atomic E-state index is 11.9.